The average molecular weight is 1030 g/mol. The fraction of sp³-hybridized carbons (Fsp3) is 0.400. The van der Waals surface area contributed by atoms with Crippen molar-refractivity contribution < 1.29 is 53.0 Å². The summed E-state index contributed by atoms with van der Waals surface area (Å²) in [7, 11) is 0. The van der Waals surface area contributed by atoms with E-state index in [-0.39, 0.29) is 77.2 Å². The van der Waals surface area contributed by atoms with Crippen LogP contribution in [0, 0.1) is 17.8 Å². The molecule has 5 aromatic carbocycles. The molecule has 74 heavy (non-hydrogen) atoms. The summed E-state index contributed by atoms with van der Waals surface area (Å²) in [4.78, 5) is 24.4. The number of thioether (sulfide) groups is 1. The van der Waals surface area contributed by atoms with E-state index in [9.17, 15) is 10.2 Å². The minimum atomic E-state index is -1.52. The molecule has 13 nitrogen and oxygen atoms in total. The van der Waals surface area contributed by atoms with E-state index in [1.54, 1.807) is 22.7 Å². The predicted molar refractivity (Wildman–Crippen MR) is 284 cm³/mol. The maximum Gasteiger partial charge on any atom is 0.410 e. The summed E-state index contributed by atoms with van der Waals surface area (Å²) in [5, 5.41) is 25.2. The molecule has 0 aromatic heterocycles. The second-order valence-corrected chi connectivity index (χ2v) is 20.2. The van der Waals surface area contributed by atoms with Gasteiger partial charge >= 0.3 is 6.09 Å². The highest BCUT2D eigenvalue weighted by molar-refractivity contribution is 7.99. The lowest BCUT2D eigenvalue weighted by Crippen LogP contribution is -2.70. The summed E-state index contributed by atoms with van der Waals surface area (Å²) in [6.45, 7) is 5.83. The number of aliphatic hydroxyl groups excluding tert-OH is 2. The molecule has 0 saturated heterocycles. The number of carbonyl (C=O) groups excluding carboxylic acids is 1. The number of hydrogen-bond acceptors (Lipinski definition) is 13. The van der Waals surface area contributed by atoms with Gasteiger partial charge in [-0.1, -0.05) is 115 Å². The molecular formula is C60H68N2O11S. The fourth-order valence-corrected chi connectivity index (χ4v) is 11.7. The van der Waals surface area contributed by atoms with Crippen molar-refractivity contribution in [3.8, 4) is 23.0 Å². The monoisotopic (exact) mass is 1020 g/mol. The Hall–Kier alpha value is -6.29. The highest BCUT2D eigenvalue weighted by Gasteiger charge is 2.65. The molecule has 9 rings (SSSR count). The summed E-state index contributed by atoms with van der Waals surface area (Å²) in [6, 6.07) is 40.9. The van der Waals surface area contributed by atoms with Crippen LogP contribution in [0.3, 0.4) is 0 Å². The number of benzene rings is 5. The number of hydrogen-bond donors (Lipinski definition) is 2. The highest BCUT2D eigenvalue weighted by Crippen LogP contribution is 2.62. The zero-order valence-corrected chi connectivity index (χ0v) is 42.8. The highest BCUT2D eigenvalue weighted by atomic mass is 32.2. The normalized spacial score (nSPS) is 21.7. The van der Waals surface area contributed by atoms with Crippen molar-refractivity contribution in [2.24, 2.45) is 22.9 Å². The number of fused-ring (bicyclic) bond motifs is 3. The van der Waals surface area contributed by atoms with Crippen LogP contribution in [0.4, 0.5) is 4.79 Å². The quantitative estimate of drug-likeness (QED) is 0.0223. The molecule has 0 unspecified atom stereocenters. The van der Waals surface area contributed by atoms with Crippen molar-refractivity contribution in [2.75, 3.05) is 52.2 Å². The number of carbonyl (C=O) groups is 1. The number of aliphatic hydroxyl groups is 2. The van der Waals surface area contributed by atoms with Crippen LogP contribution < -0.4 is 18.9 Å². The van der Waals surface area contributed by atoms with Gasteiger partial charge in [-0.3, -0.25) is 4.90 Å². The molecule has 0 radical (unpaired) electrons. The first-order valence-electron chi connectivity index (χ1n) is 26.0. The van der Waals surface area contributed by atoms with E-state index in [2.05, 4.69) is 30.9 Å². The minimum absolute atomic E-state index is 0.00630. The van der Waals surface area contributed by atoms with Crippen LogP contribution >= 0.6 is 11.8 Å². The first-order chi connectivity index (χ1) is 36.5. The summed E-state index contributed by atoms with van der Waals surface area (Å²) < 4.78 is 45.0. The smallest absolute Gasteiger partial charge is 0.410 e. The van der Waals surface area contributed by atoms with Gasteiger partial charge in [-0.05, 0) is 102 Å². The van der Waals surface area contributed by atoms with Crippen LogP contribution in [0.15, 0.2) is 162 Å². The molecule has 5 aromatic rings. The predicted octanol–water partition coefficient (Wildman–Crippen LogP) is 11.3. The van der Waals surface area contributed by atoms with E-state index in [0.717, 1.165) is 65.0 Å². The van der Waals surface area contributed by atoms with Gasteiger partial charge in [0.15, 0.2) is 11.5 Å². The molecule has 1 amide bonds. The third-order valence-corrected chi connectivity index (χ3v) is 15.2. The van der Waals surface area contributed by atoms with Gasteiger partial charge in [0.05, 0.1) is 38.1 Å². The topological polar surface area (TPSA) is 147 Å². The van der Waals surface area contributed by atoms with E-state index >= 15 is 4.79 Å². The van der Waals surface area contributed by atoms with Gasteiger partial charge in [-0.2, -0.15) is 0 Å². The standard InChI is InChI=1S/C60H68N2O11S/c1-2-30-71-60-56(62(39-45-24-26-54-55(35-45)70-42-69-54)59(65)68-32-31-66-40-43-16-6-3-7-17-43)38-52(61-72-41-44-18-8-4-9-19-44)50-36-46(20-12-14-28-63)49(23-13-15-29-64)57(58(50)60)51-37-47(25-27-53(51)73-60)67-33-34-74-48-21-10-5-11-22-48/h2-11,16-19,21-22,24-27,35-37,46,49,56-58,63-64H,1,12-15,20,23,28-34,38-42H2/t46-,49+,56-,57+,58+,60+/m0/s1. The summed E-state index contributed by atoms with van der Waals surface area (Å²) in [5.74, 6) is 1.07. The molecule has 2 N–H and O–H groups in total. The number of ether oxygens (including phenoxy) is 7. The van der Waals surface area contributed by atoms with Gasteiger partial charge < -0.3 is 48.2 Å². The van der Waals surface area contributed by atoms with E-state index in [4.69, 9.17) is 43.2 Å². The van der Waals surface area contributed by atoms with Gasteiger partial charge in [0, 0.05) is 48.3 Å². The molecule has 0 bridgehead atoms. The first kappa shape index (κ1) is 52.6. The Morgan fingerprint density at radius 2 is 1.50 bits per heavy atom. The van der Waals surface area contributed by atoms with E-state index in [1.807, 2.05) is 109 Å². The van der Waals surface area contributed by atoms with Crippen molar-refractivity contribution in [3.05, 3.63) is 174 Å². The average Bonchev–Trinajstić information content (AvgIpc) is 3.94. The van der Waals surface area contributed by atoms with Crippen LogP contribution in [0.1, 0.15) is 73.1 Å². The molecule has 2 aliphatic carbocycles. The Morgan fingerprint density at radius 1 is 0.784 bits per heavy atom. The summed E-state index contributed by atoms with van der Waals surface area (Å²) in [6.07, 6.45) is 8.16. The molecular weight excluding hydrogens is 957 g/mol. The van der Waals surface area contributed by atoms with Gasteiger partial charge in [0.25, 0.3) is 0 Å². The molecule has 2 aliphatic heterocycles. The SMILES string of the molecule is C=CCO[C@@]12Oc3ccc(OCCSc4ccccc4)cc3[C@H]3[C@H](CCCCO)[C@@H](CCCCO)C=C(C(=NOCc4ccccc4)C[C@@H]1N(Cc1ccc4c(c1)OCO4)C(=O)OCCOCc1ccccc1)[C@H]32. The Morgan fingerprint density at radius 3 is 2.26 bits per heavy atom. The van der Waals surface area contributed by atoms with Crippen molar-refractivity contribution in [2.45, 2.75) is 87.3 Å². The fourth-order valence-electron chi connectivity index (χ4n) is 10.9. The van der Waals surface area contributed by atoms with Crippen molar-refractivity contribution in [3.63, 3.8) is 0 Å². The van der Waals surface area contributed by atoms with E-state index in [0.29, 0.717) is 49.0 Å². The zero-order valence-electron chi connectivity index (χ0n) is 42.0. The van der Waals surface area contributed by atoms with Crippen LogP contribution in [0.5, 0.6) is 23.0 Å². The Balaban J connectivity index is 1.15. The molecule has 14 heteroatoms. The second kappa shape index (κ2) is 26.3. The lowest BCUT2D eigenvalue weighted by molar-refractivity contribution is -0.256. The van der Waals surface area contributed by atoms with Crippen LogP contribution in [0.2, 0.25) is 0 Å². The van der Waals surface area contributed by atoms with Gasteiger partial charge in [0.2, 0.25) is 12.6 Å². The van der Waals surface area contributed by atoms with E-state index < -0.39 is 23.8 Å². The molecule has 1 saturated carbocycles. The molecule has 6 atom stereocenters. The summed E-state index contributed by atoms with van der Waals surface area (Å²) >= 11 is 1.74. The Kier molecular flexibility index (Phi) is 18.7. The third-order valence-electron chi connectivity index (χ3n) is 14.2. The Labute approximate surface area is 439 Å². The van der Waals surface area contributed by atoms with E-state index in [1.165, 1.54) is 4.90 Å². The van der Waals surface area contributed by atoms with Gasteiger partial charge in [-0.15, -0.1) is 18.3 Å². The minimum Gasteiger partial charge on any atom is -0.493 e. The van der Waals surface area contributed by atoms with Crippen LogP contribution in [0.25, 0.3) is 0 Å². The molecule has 0 spiro atoms. The molecule has 4 aliphatic rings. The maximum absolute atomic E-state index is 15.2. The molecule has 1 fully saturated rings. The molecule has 2 heterocycles. The number of allylic oxidation sites excluding steroid dienone is 1. The lowest BCUT2D eigenvalue weighted by Gasteiger charge is -2.59. The number of amides is 1. The largest absolute Gasteiger partial charge is 0.493 e. The number of unbranched alkanes of at least 4 members (excludes halogenated alkanes) is 2. The lowest BCUT2D eigenvalue weighted by atomic mass is 9.55. The number of nitrogens with zero attached hydrogens (tertiary/aromatic N) is 2. The first-order valence-corrected chi connectivity index (χ1v) is 26.9. The van der Waals surface area contributed by atoms with Crippen LogP contribution in [-0.4, -0.2) is 90.9 Å². The van der Waals surface area contributed by atoms with Crippen molar-refractivity contribution >= 4 is 23.6 Å². The van der Waals surface area contributed by atoms with Crippen LogP contribution in [-0.2, 0) is 38.8 Å². The Bertz CT molecular complexity index is 2650. The summed E-state index contributed by atoms with van der Waals surface area (Å²) in [5.41, 5.74) is 5.32. The molecule has 390 valence electrons. The third kappa shape index (κ3) is 12.8. The second-order valence-electron chi connectivity index (χ2n) is 19.0. The number of oxime groups is 1. The van der Waals surface area contributed by atoms with Gasteiger partial charge in [0.1, 0.15) is 30.8 Å². The maximum atomic E-state index is 15.2. The van der Waals surface area contributed by atoms with Gasteiger partial charge in [-0.25, -0.2) is 4.79 Å². The van der Waals surface area contributed by atoms with Crippen molar-refractivity contribution in [1.82, 2.24) is 4.90 Å². The zero-order chi connectivity index (χ0) is 51.0. The van der Waals surface area contributed by atoms with Crippen molar-refractivity contribution in [1.29, 1.82) is 0 Å². The number of rotatable bonds is 27.